The Morgan fingerprint density at radius 3 is 2.05 bits per heavy atom. The fraction of sp³-hybridized carbons (Fsp3) is 0.657. The van der Waals surface area contributed by atoms with Gasteiger partial charge in [-0.1, -0.05) is 19.9 Å². The van der Waals surface area contributed by atoms with Crippen LogP contribution in [-0.2, 0) is 28.8 Å². The van der Waals surface area contributed by atoms with E-state index in [0.717, 1.165) is 11.0 Å². The minimum Gasteiger partial charge on any atom is -0.507 e. The quantitative estimate of drug-likeness (QED) is 0.0679. The van der Waals surface area contributed by atoms with Gasteiger partial charge in [0.2, 0.25) is 35.4 Å². The summed E-state index contributed by atoms with van der Waals surface area (Å²) in [5.74, 6) is -5.95. The fourth-order valence-corrected chi connectivity index (χ4v) is 7.11. The van der Waals surface area contributed by atoms with Gasteiger partial charge >= 0.3 is 0 Å². The zero-order valence-corrected chi connectivity index (χ0v) is 32.3. The predicted molar refractivity (Wildman–Crippen MR) is 198 cm³/mol. The molecule has 2 heterocycles. The molecular weight excluding hydrogens is 742 g/mol. The van der Waals surface area contributed by atoms with Crippen molar-refractivity contribution in [3.8, 4) is 5.75 Å². The van der Waals surface area contributed by atoms with E-state index in [0.29, 0.717) is 13.0 Å². The van der Waals surface area contributed by atoms with Crippen molar-refractivity contribution in [1.82, 2.24) is 31.1 Å². The van der Waals surface area contributed by atoms with Crippen LogP contribution in [0, 0.1) is 5.92 Å². The molecule has 0 bridgehead atoms. The van der Waals surface area contributed by atoms with Gasteiger partial charge < -0.3 is 67.4 Å². The summed E-state index contributed by atoms with van der Waals surface area (Å²) in [4.78, 5) is 82.5. The van der Waals surface area contributed by atoms with E-state index in [9.17, 15) is 59.4 Å². The van der Waals surface area contributed by atoms with Crippen LogP contribution in [0.3, 0.4) is 0 Å². The Morgan fingerprint density at radius 2 is 1.51 bits per heavy atom. The lowest BCUT2D eigenvalue weighted by Gasteiger charge is -2.34. The fourth-order valence-electron chi connectivity index (χ4n) is 6.88. The molecule has 308 valence electrons. The third-order valence-corrected chi connectivity index (χ3v) is 10.2. The number of carbonyl (C=O) groups is 6. The zero-order chi connectivity index (χ0) is 41.5. The number of aliphatic hydroxyl groups is 5. The number of likely N-dealkylation sites (N-methyl/N-ethyl adjacent to an activating group) is 1. The van der Waals surface area contributed by atoms with E-state index >= 15 is 0 Å². The third-order valence-electron chi connectivity index (χ3n) is 9.83. The van der Waals surface area contributed by atoms with Crippen molar-refractivity contribution >= 4 is 48.1 Å². The first-order valence-corrected chi connectivity index (χ1v) is 18.6. The number of phenols is 1. The highest BCUT2D eigenvalue weighted by molar-refractivity contribution is 7.80. The highest BCUT2D eigenvalue weighted by Gasteiger charge is 2.46. The number of carbonyl (C=O) groups excluding carboxylic acids is 6. The number of nitrogens with one attached hydrogen (secondary N) is 4. The third kappa shape index (κ3) is 11.5. The summed E-state index contributed by atoms with van der Waals surface area (Å²) in [5, 5.41) is 74.6. The molecule has 20 heteroatoms. The molecular formula is C35H55N7O12S. The van der Waals surface area contributed by atoms with Crippen LogP contribution in [0.25, 0.3) is 0 Å². The molecule has 0 spiro atoms. The molecule has 12 N–H and O–H groups in total. The number of primary amides is 1. The van der Waals surface area contributed by atoms with Crippen molar-refractivity contribution in [2.75, 3.05) is 19.6 Å². The number of thiol groups is 1. The number of β-amino-alcohol motifs (C(OH)–C–C–N with tert-alkyl or cyclic N) is 1. The average Bonchev–Trinajstić information content (AvgIpc) is 3.68. The first kappa shape index (κ1) is 45.3. The standard InChI is InChI=1S/C35H55N7O12S/c1-6-37-17(4)31(50)38-26(18(5)43)34(53)42-14-20(44)11-21(42)32(51)40-28(30(49)29(48)19-7-8-22(45)24(55)10-19)33(52)39-27(23(46)12-25(36)47)35(54)41-13-15(2)9-16(41)3/h7-8,10,15-18,20-21,23,26-30,37,43-46,48-49,55H,6,9,11-14H2,1-5H3,(H2,36,47)(H,38,50)(H,39,52)(H,40,51)/t15-,16?,17+,18-,20-,21?,23-,26?,27?,28?,29+,30+/m1/s1. The molecule has 12 atom stereocenters. The first-order chi connectivity index (χ1) is 25.7. The monoisotopic (exact) mass is 797 g/mol. The van der Waals surface area contributed by atoms with Crippen molar-refractivity contribution in [2.24, 2.45) is 11.7 Å². The summed E-state index contributed by atoms with van der Waals surface area (Å²) >= 11 is 4.11. The van der Waals surface area contributed by atoms with E-state index < -0.39 is 109 Å². The molecule has 2 aliphatic heterocycles. The van der Waals surface area contributed by atoms with Gasteiger partial charge in [0.05, 0.1) is 30.8 Å². The van der Waals surface area contributed by atoms with Gasteiger partial charge in [0.1, 0.15) is 42.1 Å². The topological polar surface area (TPSA) is 304 Å². The smallest absolute Gasteiger partial charge is 0.248 e. The molecule has 1 aromatic carbocycles. The Kier molecular flexibility index (Phi) is 16.2. The highest BCUT2D eigenvalue weighted by Crippen LogP contribution is 2.29. The maximum atomic E-state index is 14.1. The van der Waals surface area contributed by atoms with Gasteiger partial charge in [-0.05, 0) is 57.4 Å². The van der Waals surface area contributed by atoms with Crippen LogP contribution in [0.2, 0.25) is 0 Å². The van der Waals surface area contributed by atoms with Gasteiger partial charge in [0.25, 0.3) is 0 Å². The molecule has 0 saturated carbocycles. The number of phenolic OH excluding ortho intramolecular Hbond substituents is 1. The molecule has 2 saturated heterocycles. The second-order valence-corrected chi connectivity index (χ2v) is 15.0. The van der Waals surface area contributed by atoms with Gasteiger partial charge in [0.15, 0.2) is 0 Å². The maximum absolute atomic E-state index is 14.1. The van der Waals surface area contributed by atoms with Crippen LogP contribution >= 0.6 is 12.6 Å². The lowest BCUT2D eigenvalue weighted by atomic mass is 9.96. The van der Waals surface area contributed by atoms with Crippen LogP contribution in [0.5, 0.6) is 5.75 Å². The number of aromatic hydroxyl groups is 1. The number of aliphatic hydroxyl groups excluding tert-OH is 5. The molecule has 0 radical (unpaired) electrons. The van der Waals surface area contributed by atoms with Crippen molar-refractivity contribution in [1.29, 1.82) is 0 Å². The number of amides is 6. The van der Waals surface area contributed by atoms with Crippen molar-refractivity contribution in [2.45, 2.75) is 126 Å². The van der Waals surface area contributed by atoms with E-state index in [-0.39, 0.29) is 41.1 Å². The number of likely N-dealkylation sites (tertiary alicyclic amines) is 2. The van der Waals surface area contributed by atoms with Crippen LogP contribution in [-0.4, -0.2) is 156 Å². The zero-order valence-electron chi connectivity index (χ0n) is 31.5. The molecule has 2 fully saturated rings. The number of hydrogen-bond acceptors (Lipinski definition) is 14. The Morgan fingerprint density at radius 1 is 0.891 bits per heavy atom. The first-order valence-electron chi connectivity index (χ1n) is 18.1. The number of benzene rings is 1. The van der Waals surface area contributed by atoms with Crippen molar-refractivity contribution in [3.63, 3.8) is 0 Å². The predicted octanol–water partition coefficient (Wildman–Crippen LogP) is -3.64. The average molecular weight is 798 g/mol. The SMILES string of the molecule is CCN[C@@H](C)C(=O)NC(C(=O)N1C[C@H](O)CC1C(=O)NC(C(=O)NC(C(=O)N1C[C@H](C)CC1C)[C@H](O)CC(N)=O)[C@H](O)[C@@H](O)c1ccc(O)c(S)c1)[C@@H](C)O. The molecule has 6 amide bonds. The summed E-state index contributed by atoms with van der Waals surface area (Å²) in [6, 6.07) is -4.52. The van der Waals surface area contributed by atoms with E-state index in [1.165, 1.54) is 30.9 Å². The van der Waals surface area contributed by atoms with Crippen LogP contribution < -0.4 is 27.0 Å². The Hall–Kier alpha value is -4.05. The summed E-state index contributed by atoms with van der Waals surface area (Å²) < 4.78 is 0. The van der Waals surface area contributed by atoms with Gasteiger partial charge in [-0.15, -0.1) is 12.6 Å². The summed E-state index contributed by atoms with van der Waals surface area (Å²) in [5.41, 5.74) is 5.24. The summed E-state index contributed by atoms with van der Waals surface area (Å²) in [6.45, 7) is 8.48. The molecule has 1 aromatic rings. The van der Waals surface area contributed by atoms with E-state index in [1.54, 1.807) is 13.8 Å². The van der Waals surface area contributed by atoms with E-state index in [2.05, 4.69) is 33.9 Å². The molecule has 3 rings (SSSR count). The van der Waals surface area contributed by atoms with Crippen molar-refractivity contribution in [3.05, 3.63) is 23.8 Å². The number of nitrogens with zero attached hydrogens (tertiary/aromatic N) is 2. The largest absolute Gasteiger partial charge is 0.507 e. The minimum atomic E-state index is -2.21. The molecule has 2 aliphatic rings. The molecule has 19 nitrogen and oxygen atoms in total. The number of rotatable bonds is 17. The van der Waals surface area contributed by atoms with Gasteiger partial charge in [-0.2, -0.15) is 0 Å². The van der Waals surface area contributed by atoms with Crippen LogP contribution in [0.4, 0.5) is 0 Å². The Bertz CT molecular complexity index is 1570. The molecule has 5 unspecified atom stereocenters. The van der Waals surface area contributed by atoms with Gasteiger partial charge in [0, 0.05) is 30.4 Å². The second-order valence-electron chi connectivity index (χ2n) is 14.5. The highest BCUT2D eigenvalue weighted by atomic mass is 32.1. The van der Waals surface area contributed by atoms with Gasteiger partial charge in [-0.25, -0.2) is 0 Å². The molecule has 55 heavy (non-hydrogen) atoms. The second kappa shape index (κ2) is 19.7. The van der Waals surface area contributed by atoms with Crippen molar-refractivity contribution < 1.29 is 59.4 Å². The van der Waals surface area contributed by atoms with E-state index in [4.69, 9.17) is 5.73 Å². The maximum Gasteiger partial charge on any atom is 0.248 e. The molecule has 0 aromatic heterocycles. The summed E-state index contributed by atoms with van der Waals surface area (Å²) in [6.07, 6.45) is -9.24. The Labute approximate surface area is 324 Å². The van der Waals surface area contributed by atoms with Crippen LogP contribution in [0.1, 0.15) is 65.5 Å². The summed E-state index contributed by atoms with van der Waals surface area (Å²) in [7, 11) is 0. The lowest BCUT2D eigenvalue weighted by Crippen LogP contribution is -2.64. The minimum absolute atomic E-state index is 0.00305. The van der Waals surface area contributed by atoms with Crippen LogP contribution in [0.15, 0.2) is 23.1 Å². The van der Waals surface area contributed by atoms with Gasteiger partial charge in [-0.3, -0.25) is 28.8 Å². The normalized spacial score (nSPS) is 24.1. The number of hydrogen-bond donors (Lipinski definition) is 12. The lowest BCUT2D eigenvalue weighted by molar-refractivity contribution is -0.146. The van der Waals surface area contributed by atoms with E-state index in [1.807, 2.05) is 6.92 Å². The Balaban J connectivity index is 1.99. The number of nitrogens with two attached hydrogens (primary N) is 1. The molecule has 0 aliphatic carbocycles.